The molecule has 0 bridgehead atoms. The van der Waals surface area contributed by atoms with E-state index in [1.807, 2.05) is 39.1 Å². The molecule has 0 atom stereocenters. The molecule has 9 heteroatoms. The number of hydrogen-bond acceptors (Lipinski definition) is 8. The van der Waals surface area contributed by atoms with Crippen molar-refractivity contribution < 1.29 is 14.3 Å². The van der Waals surface area contributed by atoms with Crippen molar-refractivity contribution >= 4 is 22.9 Å². The summed E-state index contributed by atoms with van der Waals surface area (Å²) < 4.78 is 11.5. The Kier molecular flexibility index (Phi) is 6.31. The number of likely N-dealkylation sites (tertiary alicyclic amines) is 1. The average Bonchev–Trinajstić information content (AvgIpc) is 3.57. The van der Waals surface area contributed by atoms with E-state index in [-0.39, 0.29) is 6.09 Å². The Balaban J connectivity index is 1.15. The van der Waals surface area contributed by atoms with Crippen molar-refractivity contribution in [2.24, 2.45) is 0 Å². The van der Waals surface area contributed by atoms with Crippen LogP contribution in [0.3, 0.4) is 0 Å². The third-order valence-corrected chi connectivity index (χ3v) is 7.14. The van der Waals surface area contributed by atoms with E-state index in [1.165, 1.54) is 5.56 Å². The zero-order valence-corrected chi connectivity index (χ0v) is 22.2. The van der Waals surface area contributed by atoms with Crippen LogP contribution < -0.4 is 15.5 Å². The number of carbonyl (C=O) groups excluding carboxylic acids is 1. The van der Waals surface area contributed by atoms with Crippen LogP contribution in [0.25, 0.3) is 22.0 Å². The van der Waals surface area contributed by atoms with Gasteiger partial charge in [-0.2, -0.15) is 0 Å². The molecule has 2 N–H and O–H groups in total. The van der Waals surface area contributed by atoms with Gasteiger partial charge < -0.3 is 24.7 Å². The molecule has 4 heterocycles. The minimum Gasteiger partial charge on any atom is -0.492 e. The summed E-state index contributed by atoms with van der Waals surface area (Å²) in [5.41, 5.74) is 8.23. The van der Waals surface area contributed by atoms with Crippen molar-refractivity contribution in [1.82, 2.24) is 25.3 Å². The van der Waals surface area contributed by atoms with Gasteiger partial charge >= 0.3 is 6.09 Å². The lowest BCUT2D eigenvalue weighted by atomic mass is 9.99. The molecule has 1 saturated heterocycles. The second-order valence-electron chi connectivity index (χ2n) is 11.0. The predicted molar refractivity (Wildman–Crippen MR) is 147 cm³/mol. The third kappa shape index (κ3) is 4.98. The van der Waals surface area contributed by atoms with Crippen LogP contribution in [0, 0.1) is 0 Å². The van der Waals surface area contributed by atoms with Gasteiger partial charge in [0.1, 0.15) is 11.4 Å². The molecule has 0 saturated carbocycles. The van der Waals surface area contributed by atoms with Crippen molar-refractivity contribution in [3.8, 4) is 16.9 Å². The van der Waals surface area contributed by atoms with E-state index in [2.05, 4.69) is 51.2 Å². The average molecular weight is 515 g/mol. The number of amides is 1. The Hall–Kier alpha value is -3.85. The van der Waals surface area contributed by atoms with Crippen LogP contribution in [-0.2, 0) is 11.2 Å². The molecule has 0 unspecified atom stereocenters. The largest absolute Gasteiger partial charge is 0.492 e. The fourth-order valence-electron chi connectivity index (χ4n) is 5.30. The fraction of sp³-hybridized carbons (Fsp3) is 0.414. The molecular formula is C29H34N6O3. The molecule has 9 nitrogen and oxygen atoms in total. The molecule has 0 aliphatic carbocycles. The van der Waals surface area contributed by atoms with Crippen LogP contribution in [0.15, 0.2) is 54.5 Å². The standard InChI is InChI=1S/C29H34N6O3/c1-29(2,3)38-28(36)34-13-10-22(11-14-34)35-18-21(17-31-35)32-27-30-16-20-7-5-8-23(25(20)33-27)24-9-4-6-19-12-15-37-26(19)24/h4-9,16,18,22,31H,10-15,17H2,1-3H3,(H,30,32,33). The number of fused-ring (bicyclic) bond motifs is 2. The van der Waals surface area contributed by atoms with Crippen molar-refractivity contribution in [3.63, 3.8) is 0 Å². The molecule has 3 aromatic rings. The number of aromatic nitrogens is 2. The minimum absolute atomic E-state index is 0.233. The van der Waals surface area contributed by atoms with E-state index >= 15 is 0 Å². The molecular weight excluding hydrogens is 480 g/mol. The quantitative estimate of drug-likeness (QED) is 0.518. The first kappa shape index (κ1) is 24.5. The minimum atomic E-state index is -0.478. The van der Waals surface area contributed by atoms with Crippen LogP contribution in [0.1, 0.15) is 39.2 Å². The van der Waals surface area contributed by atoms with Gasteiger partial charge in [0.15, 0.2) is 0 Å². The first-order valence-corrected chi connectivity index (χ1v) is 13.3. The van der Waals surface area contributed by atoms with Gasteiger partial charge in [-0.15, -0.1) is 0 Å². The summed E-state index contributed by atoms with van der Waals surface area (Å²) in [5.74, 6) is 1.53. The number of piperidine rings is 1. The number of hydrogen-bond donors (Lipinski definition) is 2. The number of hydrazine groups is 1. The Morgan fingerprint density at radius 1 is 1.13 bits per heavy atom. The van der Waals surface area contributed by atoms with E-state index in [4.69, 9.17) is 14.5 Å². The van der Waals surface area contributed by atoms with Gasteiger partial charge in [0.2, 0.25) is 5.95 Å². The number of rotatable bonds is 4. The molecule has 3 aliphatic heterocycles. The summed E-state index contributed by atoms with van der Waals surface area (Å²) in [6.45, 7) is 8.43. The van der Waals surface area contributed by atoms with E-state index in [0.717, 1.165) is 59.3 Å². The predicted octanol–water partition coefficient (Wildman–Crippen LogP) is 4.70. The topological polar surface area (TPSA) is 91.9 Å². The van der Waals surface area contributed by atoms with E-state index in [0.29, 0.717) is 31.6 Å². The summed E-state index contributed by atoms with van der Waals surface area (Å²) >= 11 is 0. The summed E-state index contributed by atoms with van der Waals surface area (Å²) in [4.78, 5) is 23.7. The van der Waals surface area contributed by atoms with Crippen LogP contribution >= 0.6 is 0 Å². The lowest BCUT2D eigenvalue weighted by Crippen LogP contribution is -2.48. The molecule has 1 amide bonds. The van der Waals surface area contributed by atoms with Crippen molar-refractivity contribution in [3.05, 3.63) is 60.1 Å². The molecule has 2 aromatic carbocycles. The van der Waals surface area contributed by atoms with E-state index < -0.39 is 5.60 Å². The second-order valence-corrected chi connectivity index (χ2v) is 11.0. The molecule has 1 fully saturated rings. The molecule has 3 aliphatic rings. The molecule has 38 heavy (non-hydrogen) atoms. The maximum absolute atomic E-state index is 12.4. The van der Waals surface area contributed by atoms with Gasteiger partial charge in [-0.05, 0) is 39.2 Å². The highest BCUT2D eigenvalue weighted by atomic mass is 16.6. The number of benzene rings is 2. The lowest BCUT2D eigenvalue weighted by Gasteiger charge is -2.37. The Bertz CT molecular complexity index is 1390. The highest BCUT2D eigenvalue weighted by Gasteiger charge is 2.30. The number of ether oxygens (including phenoxy) is 2. The van der Waals surface area contributed by atoms with Crippen LogP contribution in [0.5, 0.6) is 5.75 Å². The van der Waals surface area contributed by atoms with Crippen LogP contribution in [0.2, 0.25) is 0 Å². The zero-order valence-electron chi connectivity index (χ0n) is 22.2. The number of carbonyl (C=O) groups is 1. The number of anilines is 1. The van der Waals surface area contributed by atoms with Crippen LogP contribution in [-0.4, -0.2) is 63.9 Å². The smallest absolute Gasteiger partial charge is 0.410 e. The van der Waals surface area contributed by atoms with Gasteiger partial charge in [-0.25, -0.2) is 20.2 Å². The highest BCUT2D eigenvalue weighted by molar-refractivity contribution is 5.95. The molecule has 0 spiro atoms. The Morgan fingerprint density at radius 3 is 2.74 bits per heavy atom. The van der Waals surface area contributed by atoms with E-state index in [9.17, 15) is 4.79 Å². The number of nitrogens with zero attached hydrogens (tertiary/aromatic N) is 4. The number of para-hydroxylation sites is 2. The zero-order chi connectivity index (χ0) is 26.3. The van der Waals surface area contributed by atoms with Crippen LogP contribution in [0.4, 0.5) is 10.7 Å². The molecule has 0 radical (unpaired) electrons. The first-order valence-electron chi connectivity index (χ1n) is 13.3. The summed E-state index contributed by atoms with van der Waals surface area (Å²) in [6, 6.07) is 12.8. The number of nitrogens with one attached hydrogen (secondary N) is 2. The van der Waals surface area contributed by atoms with Crippen molar-refractivity contribution in [1.29, 1.82) is 0 Å². The van der Waals surface area contributed by atoms with Gasteiger partial charge in [-0.3, -0.25) is 0 Å². The van der Waals surface area contributed by atoms with Crippen molar-refractivity contribution in [2.75, 3.05) is 31.6 Å². The summed E-state index contributed by atoms with van der Waals surface area (Å²) in [6.07, 6.45) is 6.40. The van der Waals surface area contributed by atoms with Gasteiger partial charge in [0.25, 0.3) is 0 Å². The van der Waals surface area contributed by atoms with Gasteiger partial charge in [0, 0.05) is 54.5 Å². The summed E-state index contributed by atoms with van der Waals surface area (Å²) in [7, 11) is 0. The van der Waals surface area contributed by atoms with E-state index in [1.54, 1.807) is 4.90 Å². The molecule has 6 rings (SSSR count). The fourth-order valence-corrected chi connectivity index (χ4v) is 5.30. The normalized spacial score (nSPS) is 17.8. The van der Waals surface area contributed by atoms with Gasteiger partial charge in [-0.1, -0.05) is 36.4 Å². The van der Waals surface area contributed by atoms with Gasteiger partial charge in [0.05, 0.1) is 24.4 Å². The Labute approximate surface area is 222 Å². The Morgan fingerprint density at radius 2 is 1.92 bits per heavy atom. The first-order chi connectivity index (χ1) is 18.3. The second kappa shape index (κ2) is 9.79. The molecule has 1 aromatic heterocycles. The maximum Gasteiger partial charge on any atom is 0.410 e. The molecule has 198 valence electrons. The maximum atomic E-state index is 12.4. The van der Waals surface area contributed by atoms with Crippen molar-refractivity contribution in [2.45, 2.75) is 51.7 Å². The monoisotopic (exact) mass is 514 g/mol. The lowest BCUT2D eigenvalue weighted by molar-refractivity contribution is 0.0151. The SMILES string of the molecule is CC(C)(C)OC(=O)N1CCC(N2C=C(Nc3ncc4cccc(-c5cccc6c5OCC6)c4n3)CN2)CC1. The third-order valence-electron chi connectivity index (χ3n) is 7.14. The highest BCUT2D eigenvalue weighted by Crippen LogP contribution is 2.39. The summed E-state index contributed by atoms with van der Waals surface area (Å²) in [5, 5.41) is 6.54.